The Bertz CT molecular complexity index is 645. The maximum atomic E-state index is 12.5. The zero-order chi connectivity index (χ0) is 16.9. The summed E-state index contributed by atoms with van der Waals surface area (Å²) in [5.74, 6) is 0.600. The number of ether oxygens (including phenoxy) is 1. The number of carbonyl (C=O) groups excluding carboxylic acids is 2. The van der Waals surface area contributed by atoms with Gasteiger partial charge in [-0.25, -0.2) is 0 Å². The van der Waals surface area contributed by atoms with E-state index in [1.54, 1.807) is 4.90 Å². The van der Waals surface area contributed by atoms with Crippen molar-refractivity contribution in [2.45, 2.75) is 31.4 Å². The minimum Gasteiger partial charge on any atom is -0.494 e. The molecule has 0 spiro atoms. The topological polar surface area (TPSA) is 71.0 Å². The molecule has 7 heteroatoms. The third kappa shape index (κ3) is 3.90. The van der Waals surface area contributed by atoms with Crippen LogP contribution in [0.2, 0.25) is 0 Å². The first-order chi connectivity index (χ1) is 11.7. The maximum absolute atomic E-state index is 12.5. The molecule has 2 aliphatic heterocycles. The molecule has 2 amide bonds. The van der Waals surface area contributed by atoms with E-state index in [0.717, 1.165) is 25.1 Å². The number of hydrogen-bond donors (Lipinski definition) is 1. The number of nitrogens with zero attached hydrogens (tertiary/aromatic N) is 2. The number of rotatable bonds is 5. The molecule has 0 unspecified atom stereocenters. The van der Waals surface area contributed by atoms with Gasteiger partial charge in [-0.3, -0.25) is 19.5 Å². The van der Waals surface area contributed by atoms with Crippen LogP contribution >= 0.6 is 11.8 Å². The van der Waals surface area contributed by atoms with E-state index in [-0.39, 0.29) is 18.2 Å². The number of carbonyl (C=O) groups is 2. The highest BCUT2D eigenvalue weighted by Gasteiger charge is 2.36. The van der Waals surface area contributed by atoms with Crippen molar-refractivity contribution in [1.82, 2.24) is 4.90 Å². The Balaban J connectivity index is 1.60. The maximum Gasteiger partial charge on any atom is 0.238 e. The molecule has 0 aliphatic carbocycles. The Labute approximate surface area is 145 Å². The van der Waals surface area contributed by atoms with Gasteiger partial charge in [-0.1, -0.05) is 18.7 Å². The van der Waals surface area contributed by atoms with Crippen molar-refractivity contribution in [1.29, 1.82) is 0 Å². The lowest BCUT2D eigenvalue weighted by molar-refractivity contribution is -0.129. The molecule has 0 radical (unpaired) electrons. The first kappa shape index (κ1) is 16.8. The van der Waals surface area contributed by atoms with Crippen LogP contribution in [-0.4, -0.2) is 46.8 Å². The van der Waals surface area contributed by atoms with Crippen molar-refractivity contribution >= 4 is 34.4 Å². The molecular weight excluding hydrogens is 326 g/mol. The number of hydrogen-bond acceptors (Lipinski definition) is 5. The lowest BCUT2D eigenvalue weighted by Crippen LogP contribution is -2.47. The molecule has 1 fully saturated rings. The molecule has 1 aromatic carbocycles. The summed E-state index contributed by atoms with van der Waals surface area (Å²) in [4.78, 5) is 30.7. The minimum atomic E-state index is -0.429. The van der Waals surface area contributed by atoms with Gasteiger partial charge in [0.1, 0.15) is 11.0 Å². The number of amides is 2. The highest BCUT2D eigenvalue weighted by Crippen LogP contribution is 2.29. The van der Waals surface area contributed by atoms with E-state index in [1.807, 2.05) is 24.3 Å². The zero-order valence-corrected chi connectivity index (χ0v) is 14.5. The third-order valence-electron chi connectivity index (χ3n) is 3.81. The van der Waals surface area contributed by atoms with Gasteiger partial charge in [0.05, 0.1) is 6.61 Å². The number of benzene rings is 1. The van der Waals surface area contributed by atoms with Crippen molar-refractivity contribution in [3.63, 3.8) is 0 Å². The zero-order valence-electron chi connectivity index (χ0n) is 13.7. The summed E-state index contributed by atoms with van der Waals surface area (Å²) in [5.41, 5.74) is 0.699. The predicted molar refractivity (Wildman–Crippen MR) is 95.5 cm³/mol. The second kappa shape index (κ2) is 7.70. The lowest BCUT2D eigenvalue weighted by atomic mass is 10.2. The lowest BCUT2D eigenvalue weighted by Gasteiger charge is -2.33. The second-order valence-corrected chi connectivity index (χ2v) is 6.91. The van der Waals surface area contributed by atoms with Gasteiger partial charge in [-0.15, -0.1) is 0 Å². The molecule has 128 valence electrons. The van der Waals surface area contributed by atoms with E-state index in [9.17, 15) is 9.59 Å². The smallest absolute Gasteiger partial charge is 0.238 e. The Morgan fingerprint density at radius 2 is 2.21 bits per heavy atom. The summed E-state index contributed by atoms with van der Waals surface area (Å²) in [6, 6.07) is 7.28. The van der Waals surface area contributed by atoms with Gasteiger partial charge in [0, 0.05) is 25.2 Å². The highest BCUT2D eigenvalue weighted by molar-refractivity contribution is 8.15. The van der Waals surface area contributed by atoms with Gasteiger partial charge in [-0.05, 0) is 37.1 Å². The summed E-state index contributed by atoms with van der Waals surface area (Å²) in [5, 5.41) is 3.12. The van der Waals surface area contributed by atoms with E-state index in [1.165, 1.54) is 11.8 Å². The van der Waals surface area contributed by atoms with Crippen molar-refractivity contribution in [3.8, 4) is 5.75 Å². The number of nitrogens with one attached hydrogen (secondary N) is 1. The van der Waals surface area contributed by atoms with Crippen molar-refractivity contribution in [3.05, 3.63) is 24.3 Å². The average molecular weight is 347 g/mol. The first-order valence-electron chi connectivity index (χ1n) is 8.22. The number of aliphatic imine (C=N–C) groups is 1. The van der Waals surface area contributed by atoms with Crippen LogP contribution in [0.1, 0.15) is 26.2 Å². The molecule has 2 heterocycles. The fourth-order valence-corrected chi connectivity index (χ4v) is 3.71. The molecule has 1 aromatic rings. The van der Waals surface area contributed by atoms with Crippen molar-refractivity contribution < 1.29 is 14.3 Å². The highest BCUT2D eigenvalue weighted by atomic mass is 32.2. The van der Waals surface area contributed by atoms with Gasteiger partial charge in [0.2, 0.25) is 11.8 Å². The van der Waals surface area contributed by atoms with E-state index in [0.29, 0.717) is 24.0 Å². The fraction of sp³-hybridized carbons (Fsp3) is 0.471. The summed E-state index contributed by atoms with van der Waals surface area (Å²) >= 11 is 1.38. The van der Waals surface area contributed by atoms with Gasteiger partial charge in [0.15, 0.2) is 5.17 Å². The third-order valence-corrected chi connectivity index (χ3v) is 5.04. The van der Waals surface area contributed by atoms with Crippen LogP contribution in [0.5, 0.6) is 5.75 Å². The van der Waals surface area contributed by atoms with Crippen LogP contribution in [-0.2, 0) is 9.59 Å². The van der Waals surface area contributed by atoms with E-state index in [2.05, 4.69) is 17.2 Å². The quantitative estimate of drug-likeness (QED) is 0.888. The molecular formula is C17H21N3O3S. The largest absolute Gasteiger partial charge is 0.494 e. The molecule has 24 heavy (non-hydrogen) atoms. The normalized spacial score (nSPS) is 20.2. The Hall–Kier alpha value is -2.02. The summed E-state index contributed by atoms with van der Waals surface area (Å²) < 4.78 is 5.52. The van der Waals surface area contributed by atoms with Gasteiger partial charge in [0.25, 0.3) is 0 Å². The van der Waals surface area contributed by atoms with Crippen LogP contribution in [0.25, 0.3) is 0 Å². The second-order valence-electron chi connectivity index (χ2n) is 5.74. The molecule has 3 rings (SSSR count). The Morgan fingerprint density at radius 1 is 1.42 bits per heavy atom. The number of amidine groups is 1. The molecule has 0 aromatic heterocycles. The van der Waals surface area contributed by atoms with Gasteiger partial charge in [-0.2, -0.15) is 0 Å². The Morgan fingerprint density at radius 3 is 2.96 bits per heavy atom. The van der Waals surface area contributed by atoms with E-state index >= 15 is 0 Å². The van der Waals surface area contributed by atoms with Crippen LogP contribution in [0.3, 0.4) is 0 Å². The minimum absolute atomic E-state index is 0.0179. The molecule has 6 nitrogen and oxygen atoms in total. The molecule has 1 N–H and O–H groups in total. The van der Waals surface area contributed by atoms with Gasteiger partial charge >= 0.3 is 0 Å². The Kier molecular flexibility index (Phi) is 5.40. The number of anilines is 1. The monoisotopic (exact) mass is 347 g/mol. The van der Waals surface area contributed by atoms with Crippen LogP contribution in [0, 0.1) is 0 Å². The fourth-order valence-electron chi connectivity index (χ4n) is 2.58. The van der Waals surface area contributed by atoms with Crippen molar-refractivity contribution in [2.24, 2.45) is 4.99 Å². The van der Waals surface area contributed by atoms with Gasteiger partial charge < -0.3 is 10.1 Å². The average Bonchev–Trinajstić information content (AvgIpc) is 2.61. The summed E-state index contributed by atoms with van der Waals surface area (Å²) in [6.07, 6.45) is 2.05. The summed E-state index contributed by atoms with van der Waals surface area (Å²) in [7, 11) is 0. The van der Waals surface area contributed by atoms with E-state index < -0.39 is 5.25 Å². The van der Waals surface area contributed by atoms with Crippen molar-refractivity contribution in [2.75, 3.05) is 25.0 Å². The molecule has 2 aliphatic rings. The van der Waals surface area contributed by atoms with E-state index in [4.69, 9.17) is 4.74 Å². The predicted octanol–water partition coefficient (Wildman–Crippen LogP) is 2.51. The summed E-state index contributed by atoms with van der Waals surface area (Å²) in [6.45, 7) is 4.15. The molecule has 1 atom stereocenters. The first-order valence-corrected chi connectivity index (χ1v) is 9.10. The number of thioether (sulfide) groups is 1. The molecule has 0 bridgehead atoms. The van der Waals surface area contributed by atoms with Crippen LogP contribution < -0.4 is 10.1 Å². The van der Waals surface area contributed by atoms with Crippen LogP contribution in [0.15, 0.2) is 29.3 Å². The molecule has 1 saturated heterocycles. The SMILES string of the molecule is CCCOc1ccc(NC(=O)[C@@H]2CC(=O)N3CCCN=C3S2)cc1. The number of fused-ring (bicyclic) bond motifs is 1. The molecule has 0 saturated carbocycles. The standard InChI is InChI=1S/C17H21N3O3S/c1-2-10-23-13-6-4-12(5-7-13)19-16(22)14-11-15(21)20-9-3-8-18-17(20)24-14/h4-7,14H,2-3,8-11H2,1H3,(H,19,22)/t14-/m0/s1. The van der Waals surface area contributed by atoms with Crippen LogP contribution in [0.4, 0.5) is 5.69 Å².